The summed E-state index contributed by atoms with van der Waals surface area (Å²) >= 11 is 0. The fourth-order valence-electron chi connectivity index (χ4n) is 1.61. The average Bonchev–Trinajstić information content (AvgIpc) is 2.49. The maximum atomic E-state index is 13.9. The molecule has 0 bridgehead atoms. The summed E-state index contributed by atoms with van der Waals surface area (Å²) in [5, 5.41) is 0. The molecule has 0 amide bonds. The fraction of sp³-hybridized carbons (Fsp3) is 0.833. The molecule has 0 aromatic heterocycles. The van der Waals surface area contributed by atoms with E-state index in [9.17, 15) is 74.6 Å². The van der Waals surface area contributed by atoms with E-state index in [1.807, 2.05) is 4.74 Å². The molecular formula is C12H7F17O2. The summed E-state index contributed by atoms with van der Waals surface area (Å²) in [7, 11) is 0. The number of halogens is 17. The fourth-order valence-corrected chi connectivity index (χ4v) is 1.61. The van der Waals surface area contributed by atoms with Gasteiger partial charge in [-0.2, -0.15) is 61.5 Å². The first kappa shape index (κ1) is 29.5. The van der Waals surface area contributed by atoms with Crippen molar-refractivity contribution in [2.75, 3.05) is 0 Å². The van der Waals surface area contributed by atoms with Crippen LogP contribution in [0.3, 0.4) is 0 Å². The van der Waals surface area contributed by atoms with Crippen LogP contribution < -0.4 is 0 Å². The Bertz CT molecular complexity index is 663. The summed E-state index contributed by atoms with van der Waals surface area (Å²) < 4.78 is 224. The molecule has 186 valence electrons. The lowest BCUT2D eigenvalue weighted by atomic mass is 10.0. The van der Waals surface area contributed by atoms with Gasteiger partial charge in [-0.15, -0.1) is 0 Å². The highest BCUT2D eigenvalue weighted by Gasteiger charge is 2.85. The Kier molecular flexibility index (Phi) is 7.42. The number of ether oxygens (including phenoxy) is 2. The van der Waals surface area contributed by atoms with Gasteiger partial charge < -0.3 is 0 Å². The molecule has 0 heterocycles. The maximum Gasteiger partial charge on any atom is 0.458 e. The second kappa shape index (κ2) is 7.80. The summed E-state index contributed by atoms with van der Waals surface area (Å²) in [6, 6.07) is 0. The van der Waals surface area contributed by atoms with Crippen LogP contribution in [0.1, 0.15) is 13.3 Å². The lowest BCUT2D eigenvalue weighted by molar-refractivity contribution is -0.543. The van der Waals surface area contributed by atoms with Gasteiger partial charge in [0, 0.05) is 6.42 Å². The number of alkyl halides is 16. The van der Waals surface area contributed by atoms with Crippen molar-refractivity contribution in [3.63, 3.8) is 0 Å². The third-order valence-electron chi connectivity index (χ3n) is 3.34. The minimum absolute atomic E-state index is 0.0180. The van der Waals surface area contributed by atoms with Gasteiger partial charge in [0.25, 0.3) is 0 Å². The molecule has 3 atom stereocenters. The molecule has 2 nitrogen and oxygen atoms in total. The highest BCUT2D eigenvalue weighted by Crippen LogP contribution is 2.57. The van der Waals surface area contributed by atoms with Gasteiger partial charge >= 0.3 is 48.1 Å². The highest BCUT2D eigenvalue weighted by atomic mass is 19.4. The Morgan fingerprint density at radius 2 is 1.00 bits per heavy atom. The molecule has 0 rings (SSSR count). The van der Waals surface area contributed by atoms with Crippen LogP contribution in [0.5, 0.6) is 0 Å². The van der Waals surface area contributed by atoms with E-state index in [0.29, 0.717) is 0 Å². The zero-order valence-electron chi connectivity index (χ0n) is 14.2. The molecule has 19 heteroatoms. The first-order chi connectivity index (χ1) is 13.2. The molecule has 0 aromatic carbocycles. The van der Waals surface area contributed by atoms with Crippen LogP contribution in [-0.2, 0) is 9.47 Å². The molecule has 0 spiro atoms. The van der Waals surface area contributed by atoms with E-state index in [4.69, 9.17) is 0 Å². The summed E-state index contributed by atoms with van der Waals surface area (Å²) in [4.78, 5) is 0. The van der Waals surface area contributed by atoms with Gasteiger partial charge in [0.1, 0.15) is 5.83 Å². The Hall–Kier alpha value is -1.53. The van der Waals surface area contributed by atoms with Crippen LogP contribution in [0.4, 0.5) is 74.6 Å². The van der Waals surface area contributed by atoms with Crippen molar-refractivity contribution in [2.24, 2.45) is 0 Å². The Morgan fingerprint density at radius 3 is 1.23 bits per heavy atom. The zero-order valence-corrected chi connectivity index (χ0v) is 14.2. The van der Waals surface area contributed by atoms with Gasteiger partial charge in [0.15, 0.2) is 0 Å². The van der Waals surface area contributed by atoms with Crippen molar-refractivity contribution in [1.29, 1.82) is 0 Å². The standard InChI is InChI=1S/C12H7F17O2/c1-3-5(14,8(17,18)19)30-12(28,29)7(16,10(23,24)25)31-11(26,27)6(15,4(2)13)9(20,21)22/h2-3H2,1H3. The first-order valence-electron chi connectivity index (χ1n) is 6.94. The summed E-state index contributed by atoms with van der Waals surface area (Å²) in [5.41, 5.74) is -7.12. The molecule has 0 fully saturated rings. The van der Waals surface area contributed by atoms with Gasteiger partial charge in [-0.05, 0) is 0 Å². The molecule has 0 aliphatic heterocycles. The molecule has 31 heavy (non-hydrogen) atoms. The average molecular weight is 506 g/mol. The highest BCUT2D eigenvalue weighted by molar-refractivity contribution is 5.15. The number of rotatable bonds is 8. The molecule has 0 radical (unpaired) electrons. The zero-order chi connectivity index (χ0) is 25.7. The van der Waals surface area contributed by atoms with Gasteiger partial charge in [-0.3, -0.25) is 9.47 Å². The molecule has 0 saturated heterocycles. The second-order valence-corrected chi connectivity index (χ2v) is 5.47. The van der Waals surface area contributed by atoms with Crippen molar-refractivity contribution in [3.05, 3.63) is 12.4 Å². The van der Waals surface area contributed by atoms with Crippen molar-refractivity contribution < 1.29 is 84.1 Å². The Morgan fingerprint density at radius 1 is 0.613 bits per heavy atom. The van der Waals surface area contributed by atoms with Crippen molar-refractivity contribution in [1.82, 2.24) is 0 Å². The Labute approximate surface area is 159 Å². The van der Waals surface area contributed by atoms with Crippen LogP contribution in [0.25, 0.3) is 0 Å². The third kappa shape index (κ3) is 4.80. The van der Waals surface area contributed by atoms with E-state index in [2.05, 4.69) is 0 Å². The van der Waals surface area contributed by atoms with E-state index in [1.165, 1.54) is 6.58 Å². The monoisotopic (exact) mass is 506 g/mol. The van der Waals surface area contributed by atoms with E-state index < -0.39 is 60.4 Å². The number of hydrogen-bond acceptors (Lipinski definition) is 2. The van der Waals surface area contributed by atoms with Gasteiger partial charge in [-0.1, -0.05) is 13.5 Å². The van der Waals surface area contributed by atoms with Gasteiger partial charge in [0.05, 0.1) is 0 Å². The predicted octanol–water partition coefficient (Wildman–Crippen LogP) is 6.83. The van der Waals surface area contributed by atoms with Crippen LogP contribution in [0.15, 0.2) is 12.4 Å². The summed E-state index contributed by atoms with van der Waals surface area (Å²) in [6.07, 6.45) is -39.3. The second-order valence-electron chi connectivity index (χ2n) is 5.47. The van der Waals surface area contributed by atoms with Gasteiger partial charge in [-0.25, -0.2) is 13.2 Å². The largest absolute Gasteiger partial charge is 0.458 e. The lowest BCUT2D eigenvalue weighted by Crippen LogP contribution is -2.68. The smallest absolute Gasteiger partial charge is 0.270 e. The van der Waals surface area contributed by atoms with E-state index in [0.717, 1.165) is 0 Å². The van der Waals surface area contributed by atoms with Crippen LogP contribution in [0, 0.1) is 0 Å². The van der Waals surface area contributed by atoms with Gasteiger partial charge in [0.2, 0.25) is 0 Å². The summed E-state index contributed by atoms with van der Waals surface area (Å²) in [5.74, 6) is -17.6. The van der Waals surface area contributed by atoms with E-state index >= 15 is 0 Å². The minimum atomic E-state index is -7.79. The molecule has 0 aromatic rings. The molecule has 0 saturated carbocycles. The van der Waals surface area contributed by atoms with Crippen LogP contribution in [0.2, 0.25) is 0 Å². The topological polar surface area (TPSA) is 18.5 Å². The first-order valence-corrected chi connectivity index (χ1v) is 6.94. The minimum Gasteiger partial charge on any atom is -0.270 e. The predicted molar refractivity (Wildman–Crippen MR) is 62.3 cm³/mol. The number of hydrogen-bond donors (Lipinski definition) is 0. The lowest BCUT2D eigenvalue weighted by Gasteiger charge is -2.41. The summed E-state index contributed by atoms with van der Waals surface area (Å²) in [6.45, 7) is 1.35. The molecule has 0 aliphatic carbocycles. The molecular weight excluding hydrogens is 499 g/mol. The molecule has 0 aliphatic rings. The molecule has 3 unspecified atom stereocenters. The maximum absolute atomic E-state index is 13.9. The third-order valence-corrected chi connectivity index (χ3v) is 3.34. The molecule has 0 N–H and O–H groups in total. The van der Waals surface area contributed by atoms with E-state index in [1.54, 1.807) is 4.74 Å². The Balaban J connectivity index is 6.75. The SMILES string of the molecule is C=C(F)C(F)(C(F)(F)F)C(F)(F)OC(F)(C(F)(F)F)C(F)(F)OC(F)(CC)C(F)(F)F. The van der Waals surface area contributed by atoms with E-state index in [-0.39, 0.29) is 6.92 Å². The van der Waals surface area contributed by atoms with Crippen LogP contribution in [-0.4, -0.2) is 48.1 Å². The van der Waals surface area contributed by atoms with Crippen molar-refractivity contribution in [2.45, 2.75) is 61.5 Å². The van der Waals surface area contributed by atoms with Crippen LogP contribution >= 0.6 is 0 Å². The quantitative estimate of drug-likeness (QED) is 0.337. The van der Waals surface area contributed by atoms with Crippen molar-refractivity contribution in [3.8, 4) is 0 Å². The normalized spacial score (nSPS) is 20.6. The van der Waals surface area contributed by atoms with Crippen molar-refractivity contribution >= 4 is 0 Å².